The number of ether oxygens (including phenoxy) is 1. The zero-order valence-corrected chi connectivity index (χ0v) is 10.6. The summed E-state index contributed by atoms with van der Waals surface area (Å²) in [6, 6.07) is 0. The van der Waals surface area contributed by atoms with Gasteiger partial charge >= 0.3 is 0 Å². The topological polar surface area (TPSA) is 15.7 Å². The molecule has 0 unspecified atom stereocenters. The second kappa shape index (κ2) is 6.38. The molecule has 0 saturated heterocycles. The molecule has 0 aliphatic carbocycles. The molecule has 3 heteroatoms. The second-order valence-electron chi connectivity index (χ2n) is 5.07. The molecule has 0 heterocycles. The molecule has 0 amide bonds. The SMILES string of the molecule is CN(C)CCN(C)CCOC(C)(C)C. The lowest BCUT2D eigenvalue weighted by molar-refractivity contribution is -0.0110. The van der Waals surface area contributed by atoms with Gasteiger partial charge in [0.25, 0.3) is 0 Å². The van der Waals surface area contributed by atoms with Crippen molar-refractivity contribution in [1.82, 2.24) is 9.80 Å². The van der Waals surface area contributed by atoms with E-state index < -0.39 is 0 Å². The largest absolute Gasteiger partial charge is 0.375 e. The van der Waals surface area contributed by atoms with Crippen LogP contribution >= 0.6 is 0 Å². The van der Waals surface area contributed by atoms with Gasteiger partial charge in [0.15, 0.2) is 0 Å². The molecule has 0 radical (unpaired) electrons. The fraction of sp³-hybridized carbons (Fsp3) is 1.00. The summed E-state index contributed by atoms with van der Waals surface area (Å²) in [4.78, 5) is 4.49. The Kier molecular flexibility index (Phi) is 6.33. The molecule has 0 spiro atoms. The van der Waals surface area contributed by atoms with E-state index in [4.69, 9.17) is 4.74 Å². The van der Waals surface area contributed by atoms with Crippen LogP contribution < -0.4 is 0 Å². The summed E-state index contributed by atoms with van der Waals surface area (Å²) < 4.78 is 5.65. The van der Waals surface area contributed by atoms with E-state index in [0.717, 1.165) is 26.2 Å². The van der Waals surface area contributed by atoms with Crippen molar-refractivity contribution in [3.8, 4) is 0 Å². The second-order valence-corrected chi connectivity index (χ2v) is 5.07. The summed E-state index contributed by atoms with van der Waals surface area (Å²) in [5.41, 5.74) is -0.0115. The molecule has 0 aliphatic heterocycles. The van der Waals surface area contributed by atoms with Crippen molar-refractivity contribution in [2.75, 3.05) is 47.4 Å². The van der Waals surface area contributed by atoms with Crippen molar-refractivity contribution < 1.29 is 4.74 Å². The van der Waals surface area contributed by atoms with E-state index in [2.05, 4.69) is 51.7 Å². The molecule has 0 bridgehead atoms. The Morgan fingerprint density at radius 1 is 0.929 bits per heavy atom. The Labute approximate surface area is 89.0 Å². The zero-order chi connectivity index (χ0) is 11.2. The highest BCUT2D eigenvalue weighted by Gasteiger charge is 2.09. The summed E-state index contributed by atoms with van der Waals surface area (Å²) in [7, 11) is 6.33. The van der Waals surface area contributed by atoms with E-state index in [-0.39, 0.29) is 5.60 Å². The summed E-state index contributed by atoms with van der Waals surface area (Å²) in [5, 5.41) is 0. The van der Waals surface area contributed by atoms with Crippen LogP contribution in [-0.2, 0) is 4.74 Å². The van der Waals surface area contributed by atoms with E-state index in [0.29, 0.717) is 0 Å². The molecule has 0 saturated carbocycles. The Bertz CT molecular complexity index is 141. The molecule has 14 heavy (non-hydrogen) atoms. The Morgan fingerprint density at radius 2 is 1.50 bits per heavy atom. The first-order chi connectivity index (χ1) is 6.31. The van der Waals surface area contributed by atoms with Crippen LogP contribution in [0.3, 0.4) is 0 Å². The van der Waals surface area contributed by atoms with E-state index in [1.165, 1.54) is 0 Å². The predicted octanol–water partition coefficient (Wildman–Crippen LogP) is 1.29. The minimum Gasteiger partial charge on any atom is -0.375 e. The normalized spacial score (nSPS) is 12.9. The van der Waals surface area contributed by atoms with E-state index >= 15 is 0 Å². The first-order valence-corrected chi connectivity index (χ1v) is 5.28. The number of hydrogen-bond acceptors (Lipinski definition) is 3. The third-order valence-electron chi connectivity index (χ3n) is 1.94. The molecule has 0 aromatic carbocycles. The number of likely N-dealkylation sites (N-methyl/N-ethyl adjacent to an activating group) is 2. The molecule has 0 atom stereocenters. The quantitative estimate of drug-likeness (QED) is 0.645. The van der Waals surface area contributed by atoms with Crippen LogP contribution in [-0.4, -0.2) is 62.8 Å². The molecule has 0 N–H and O–H groups in total. The fourth-order valence-electron chi connectivity index (χ4n) is 0.990. The van der Waals surface area contributed by atoms with Crippen molar-refractivity contribution in [1.29, 1.82) is 0 Å². The van der Waals surface area contributed by atoms with Gasteiger partial charge in [-0.25, -0.2) is 0 Å². The van der Waals surface area contributed by atoms with Crippen molar-refractivity contribution in [2.45, 2.75) is 26.4 Å². The standard InChI is InChI=1S/C11H26N2O/c1-11(2,3)14-10-9-13(6)8-7-12(4)5/h7-10H2,1-6H3. The first kappa shape index (κ1) is 13.9. The van der Waals surface area contributed by atoms with Gasteiger partial charge in [-0.2, -0.15) is 0 Å². The molecule has 0 rings (SSSR count). The molecular formula is C11H26N2O. The average Bonchev–Trinajstić information content (AvgIpc) is 1.98. The molecule has 0 aromatic rings. The first-order valence-electron chi connectivity index (χ1n) is 5.28. The minimum atomic E-state index is -0.0115. The Hall–Kier alpha value is -0.120. The maximum Gasteiger partial charge on any atom is 0.0600 e. The molecule has 86 valence electrons. The molecule has 0 aromatic heterocycles. The van der Waals surface area contributed by atoms with Crippen molar-refractivity contribution in [2.24, 2.45) is 0 Å². The van der Waals surface area contributed by atoms with Crippen LogP contribution in [0.15, 0.2) is 0 Å². The molecular weight excluding hydrogens is 176 g/mol. The van der Waals surface area contributed by atoms with Gasteiger partial charge in [-0.15, -0.1) is 0 Å². The highest BCUT2D eigenvalue weighted by atomic mass is 16.5. The number of hydrogen-bond donors (Lipinski definition) is 0. The fourth-order valence-corrected chi connectivity index (χ4v) is 0.990. The van der Waals surface area contributed by atoms with E-state index in [9.17, 15) is 0 Å². The van der Waals surface area contributed by atoms with Gasteiger partial charge < -0.3 is 14.5 Å². The van der Waals surface area contributed by atoms with Crippen LogP contribution in [0.1, 0.15) is 20.8 Å². The Balaban J connectivity index is 3.40. The van der Waals surface area contributed by atoms with Gasteiger partial charge in [0.1, 0.15) is 0 Å². The highest BCUT2D eigenvalue weighted by Crippen LogP contribution is 2.05. The minimum absolute atomic E-state index is 0.0115. The summed E-state index contributed by atoms with van der Waals surface area (Å²) in [6.07, 6.45) is 0. The lowest BCUT2D eigenvalue weighted by Crippen LogP contribution is -2.32. The van der Waals surface area contributed by atoms with Crippen LogP contribution in [0.25, 0.3) is 0 Å². The predicted molar refractivity (Wildman–Crippen MR) is 61.8 cm³/mol. The third kappa shape index (κ3) is 9.96. The van der Waals surface area contributed by atoms with E-state index in [1.54, 1.807) is 0 Å². The van der Waals surface area contributed by atoms with Gasteiger partial charge in [0.05, 0.1) is 12.2 Å². The maximum absolute atomic E-state index is 5.65. The van der Waals surface area contributed by atoms with Gasteiger partial charge in [-0.1, -0.05) is 0 Å². The lowest BCUT2D eigenvalue weighted by atomic mass is 10.2. The molecule has 0 fully saturated rings. The highest BCUT2D eigenvalue weighted by molar-refractivity contribution is 4.60. The number of rotatable bonds is 6. The van der Waals surface area contributed by atoms with Crippen LogP contribution in [0.5, 0.6) is 0 Å². The van der Waals surface area contributed by atoms with Gasteiger partial charge in [-0.3, -0.25) is 0 Å². The third-order valence-corrected chi connectivity index (χ3v) is 1.94. The van der Waals surface area contributed by atoms with Crippen molar-refractivity contribution in [3.63, 3.8) is 0 Å². The smallest absolute Gasteiger partial charge is 0.0600 e. The monoisotopic (exact) mass is 202 g/mol. The molecule has 0 aliphatic rings. The van der Waals surface area contributed by atoms with Crippen molar-refractivity contribution >= 4 is 0 Å². The van der Waals surface area contributed by atoms with E-state index in [1.807, 2.05) is 0 Å². The summed E-state index contributed by atoms with van der Waals surface area (Å²) >= 11 is 0. The zero-order valence-electron chi connectivity index (χ0n) is 10.6. The molecule has 3 nitrogen and oxygen atoms in total. The lowest BCUT2D eigenvalue weighted by Gasteiger charge is -2.23. The average molecular weight is 202 g/mol. The van der Waals surface area contributed by atoms with Crippen LogP contribution in [0, 0.1) is 0 Å². The van der Waals surface area contributed by atoms with Crippen LogP contribution in [0.2, 0.25) is 0 Å². The van der Waals surface area contributed by atoms with Crippen LogP contribution in [0.4, 0.5) is 0 Å². The van der Waals surface area contributed by atoms with Gasteiger partial charge in [0.2, 0.25) is 0 Å². The Morgan fingerprint density at radius 3 is 1.93 bits per heavy atom. The van der Waals surface area contributed by atoms with Crippen molar-refractivity contribution in [3.05, 3.63) is 0 Å². The maximum atomic E-state index is 5.65. The van der Waals surface area contributed by atoms with Gasteiger partial charge in [0, 0.05) is 19.6 Å². The summed E-state index contributed by atoms with van der Waals surface area (Å²) in [6.45, 7) is 10.3. The van der Waals surface area contributed by atoms with Gasteiger partial charge in [-0.05, 0) is 41.9 Å². The summed E-state index contributed by atoms with van der Waals surface area (Å²) in [5.74, 6) is 0. The number of nitrogens with zero attached hydrogens (tertiary/aromatic N) is 2.